The first-order chi connectivity index (χ1) is 11.0. The number of amides is 1. The highest BCUT2D eigenvalue weighted by molar-refractivity contribution is 8.00. The zero-order valence-electron chi connectivity index (χ0n) is 14.0. The second-order valence-electron chi connectivity index (χ2n) is 6.70. The summed E-state index contributed by atoms with van der Waals surface area (Å²) in [7, 11) is 0. The van der Waals surface area contributed by atoms with Gasteiger partial charge in [-0.2, -0.15) is 0 Å². The van der Waals surface area contributed by atoms with E-state index in [1.807, 2.05) is 31.2 Å². The monoisotopic (exact) mass is 331 g/mol. The van der Waals surface area contributed by atoms with Crippen LogP contribution in [0.4, 0.5) is 0 Å². The number of nitrogens with one attached hydrogen (secondary N) is 2. The number of aromatic amines is 1. The second-order valence-corrected chi connectivity index (χ2v) is 8.03. The van der Waals surface area contributed by atoms with E-state index < -0.39 is 0 Å². The standard InChI is InChI=1S/C18H25N3OS/c1-11-7-6-10-14(12(11)2)19-17(22)13(3)23-18-20-15-8-4-5-9-16(15)21-18/h4-5,8-9,11-14H,6-7,10H2,1-3H3,(H,19,22)(H,20,21)/t11-,12+,13+,14-/m0/s1. The summed E-state index contributed by atoms with van der Waals surface area (Å²) in [4.78, 5) is 20.3. The summed E-state index contributed by atoms with van der Waals surface area (Å²) in [5, 5.41) is 3.90. The molecule has 1 aliphatic rings. The number of hydrogen-bond donors (Lipinski definition) is 2. The quantitative estimate of drug-likeness (QED) is 0.833. The van der Waals surface area contributed by atoms with Crippen molar-refractivity contribution in [3.8, 4) is 0 Å². The molecule has 0 bridgehead atoms. The highest BCUT2D eigenvalue weighted by atomic mass is 32.2. The maximum absolute atomic E-state index is 12.5. The van der Waals surface area contributed by atoms with Crippen molar-refractivity contribution in [3.63, 3.8) is 0 Å². The molecule has 1 aromatic heterocycles. The number of carbonyl (C=O) groups is 1. The molecule has 2 N–H and O–H groups in total. The van der Waals surface area contributed by atoms with Crippen LogP contribution >= 0.6 is 11.8 Å². The summed E-state index contributed by atoms with van der Waals surface area (Å²) < 4.78 is 0. The van der Waals surface area contributed by atoms with Gasteiger partial charge >= 0.3 is 0 Å². The molecule has 124 valence electrons. The van der Waals surface area contributed by atoms with Gasteiger partial charge in [-0.15, -0.1) is 0 Å². The minimum atomic E-state index is -0.153. The lowest BCUT2D eigenvalue weighted by Gasteiger charge is -2.35. The molecule has 1 amide bonds. The van der Waals surface area contributed by atoms with E-state index in [9.17, 15) is 4.79 Å². The van der Waals surface area contributed by atoms with E-state index in [0.717, 1.165) is 22.6 Å². The first-order valence-corrected chi connectivity index (χ1v) is 9.34. The fourth-order valence-electron chi connectivity index (χ4n) is 3.29. The predicted molar refractivity (Wildman–Crippen MR) is 95.5 cm³/mol. The number of rotatable bonds is 4. The molecule has 0 spiro atoms. The molecule has 1 fully saturated rings. The van der Waals surface area contributed by atoms with Crippen LogP contribution in [0, 0.1) is 11.8 Å². The number of thioether (sulfide) groups is 1. The van der Waals surface area contributed by atoms with Crippen LogP contribution in [0.2, 0.25) is 0 Å². The number of imidazole rings is 1. The maximum atomic E-state index is 12.5. The summed E-state index contributed by atoms with van der Waals surface area (Å²) in [5.41, 5.74) is 1.95. The molecule has 0 unspecified atom stereocenters. The third-order valence-electron chi connectivity index (χ3n) is 5.06. The minimum absolute atomic E-state index is 0.112. The Morgan fingerprint density at radius 3 is 2.91 bits per heavy atom. The molecular formula is C18H25N3OS. The largest absolute Gasteiger partial charge is 0.352 e. The number of fused-ring (bicyclic) bond motifs is 1. The van der Waals surface area contributed by atoms with E-state index in [4.69, 9.17) is 0 Å². The highest BCUT2D eigenvalue weighted by Crippen LogP contribution is 2.30. The van der Waals surface area contributed by atoms with Crippen LogP contribution in [-0.4, -0.2) is 27.2 Å². The Kier molecular flexibility index (Phi) is 4.95. The Morgan fingerprint density at radius 2 is 2.13 bits per heavy atom. The molecule has 1 saturated carbocycles. The molecule has 2 aromatic rings. The van der Waals surface area contributed by atoms with Crippen molar-refractivity contribution in [2.75, 3.05) is 0 Å². The molecule has 5 heteroatoms. The van der Waals surface area contributed by atoms with Gasteiger partial charge < -0.3 is 10.3 Å². The fourth-order valence-corrected chi connectivity index (χ4v) is 4.12. The van der Waals surface area contributed by atoms with Crippen molar-refractivity contribution in [2.45, 2.75) is 56.5 Å². The number of para-hydroxylation sites is 2. The summed E-state index contributed by atoms with van der Waals surface area (Å²) >= 11 is 1.49. The van der Waals surface area contributed by atoms with Gasteiger partial charge in [-0.3, -0.25) is 4.79 Å². The summed E-state index contributed by atoms with van der Waals surface area (Å²) in [6.07, 6.45) is 3.58. The molecule has 0 radical (unpaired) electrons. The SMILES string of the molecule is C[C@H]1[C@@H](NC(=O)[C@@H](C)Sc2nc3ccccc3[nH]2)CCC[C@@H]1C. The third-order valence-corrected chi connectivity index (χ3v) is 6.04. The molecule has 4 nitrogen and oxygen atoms in total. The van der Waals surface area contributed by atoms with Gasteiger partial charge in [0.25, 0.3) is 0 Å². The van der Waals surface area contributed by atoms with Crippen LogP contribution in [0.5, 0.6) is 0 Å². The Bertz CT molecular complexity index is 651. The van der Waals surface area contributed by atoms with Gasteiger partial charge in [-0.1, -0.05) is 50.6 Å². The number of benzene rings is 1. The van der Waals surface area contributed by atoms with E-state index in [0.29, 0.717) is 17.9 Å². The summed E-state index contributed by atoms with van der Waals surface area (Å²) in [5.74, 6) is 1.35. The van der Waals surface area contributed by atoms with E-state index in [1.54, 1.807) is 0 Å². The number of hydrogen-bond acceptors (Lipinski definition) is 3. The van der Waals surface area contributed by atoms with Gasteiger partial charge in [-0.25, -0.2) is 4.98 Å². The normalized spacial score (nSPS) is 26.1. The molecule has 1 aliphatic carbocycles. The van der Waals surface area contributed by atoms with Crippen LogP contribution in [0.15, 0.2) is 29.4 Å². The van der Waals surface area contributed by atoms with E-state index in [1.165, 1.54) is 24.6 Å². The number of nitrogens with zero attached hydrogens (tertiary/aromatic N) is 1. The molecule has 3 rings (SSSR count). The van der Waals surface area contributed by atoms with E-state index in [-0.39, 0.29) is 11.2 Å². The smallest absolute Gasteiger partial charge is 0.233 e. The molecular weight excluding hydrogens is 306 g/mol. The zero-order valence-corrected chi connectivity index (χ0v) is 14.8. The number of H-pyrrole nitrogens is 1. The molecule has 23 heavy (non-hydrogen) atoms. The predicted octanol–water partition coefficient (Wildman–Crippen LogP) is 3.98. The van der Waals surface area contributed by atoms with Crippen LogP contribution in [0.3, 0.4) is 0 Å². The third kappa shape index (κ3) is 3.71. The topological polar surface area (TPSA) is 57.8 Å². The van der Waals surface area contributed by atoms with Crippen LogP contribution in [-0.2, 0) is 4.79 Å². The molecule has 0 saturated heterocycles. The second kappa shape index (κ2) is 6.95. The van der Waals surface area contributed by atoms with E-state index >= 15 is 0 Å². The Labute approximate surface area is 141 Å². The molecule has 4 atom stereocenters. The van der Waals surface area contributed by atoms with Gasteiger partial charge in [0.15, 0.2) is 5.16 Å². The van der Waals surface area contributed by atoms with Crippen molar-refractivity contribution >= 4 is 28.7 Å². The zero-order chi connectivity index (χ0) is 16.4. The van der Waals surface area contributed by atoms with Crippen molar-refractivity contribution in [2.24, 2.45) is 11.8 Å². The van der Waals surface area contributed by atoms with Gasteiger partial charge in [0.2, 0.25) is 5.91 Å². The van der Waals surface area contributed by atoms with Crippen LogP contribution < -0.4 is 5.32 Å². The lowest BCUT2D eigenvalue weighted by Crippen LogP contribution is -2.46. The van der Waals surface area contributed by atoms with Crippen LogP contribution in [0.25, 0.3) is 11.0 Å². The first-order valence-electron chi connectivity index (χ1n) is 8.46. The van der Waals surface area contributed by atoms with E-state index in [2.05, 4.69) is 29.1 Å². The maximum Gasteiger partial charge on any atom is 0.233 e. The fraction of sp³-hybridized carbons (Fsp3) is 0.556. The Hall–Kier alpha value is -1.49. The summed E-state index contributed by atoms with van der Waals surface area (Å²) in [6, 6.07) is 8.24. The first kappa shape index (κ1) is 16.4. The number of aromatic nitrogens is 2. The van der Waals surface area contributed by atoms with Crippen molar-refractivity contribution < 1.29 is 4.79 Å². The Morgan fingerprint density at radius 1 is 1.35 bits per heavy atom. The van der Waals surface area contributed by atoms with Crippen molar-refractivity contribution in [1.29, 1.82) is 0 Å². The van der Waals surface area contributed by atoms with Gasteiger partial charge in [0.05, 0.1) is 16.3 Å². The average molecular weight is 331 g/mol. The van der Waals surface area contributed by atoms with Gasteiger partial charge in [-0.05, 0) is 37.3 Å². The summed E-state index contributed by atoms with van der Waals surface area (Å²) in [6.45, 7) is 6.49. The Balaban J connectivity index is 1.61. The minimum Gasteiger partial charge on any atom is -0.352 e. The van der Waals surface area contributed by atoms with Crippen LogP contribution in [0.1, 0.15) is 40.0 Å². The van der Waals surface area contributed by atoms with Gasteiger partial charge in [0, 0.05) is 6.04 Å². The number of carbonyl (C=O) groups excluding carboxylic acids is 1. The molecule has 1 aromatic carbocycles. The highest BCUT2D eigenvalue weighted by Gasteiger charge is 2.29. The average Bonchev–Trinajstić information content (AvgIpc) is 2.93. The van der Waals surface area contributed by atoms with Crippen molar-refractivity contribution in [3.05, 3.63) is 24.3 Å². The lowest BCUT2D eigenvalue weighted by molar-refractivity contribution is -0.121. The molecule has 0 aliphatic heterocycles. The molecule has 1 heterocycles. The lowest BCUT2D eigenvalue weighted by atomic mass is 9.78. The van der Waals surface area contributed by atoms with Crippen molar-refractivity contribution in [1.82, 2.24) is 15.3 Å². The van der Waals surface area contributed by atoms with Gasteiger partial charge in [0.1, 0.15) is 0 Å².